The van der Waals surface area contributed by atoms with E-state index in [0.717, 1.165) is 49.7 Å². The van der Waals surface area contributed by atoms with Gasteiger partial charge in [0.15, 0.2) is 5.58 Å². The maximum absolute atomic E-state index is 9.64. The number of para-hydroxylation sites is 2. The Bertz CT molecular complexity index is 1780. The van der Waals surface area contributed by atoms with Gasteiger partial charge < -0.3 is 13.9 Å². The van der Waals surface area contributed by atoms with Crippen molar-refractivity contribution in [2.45, 2.75) is 19.9 Å². The monoisotopic (exact) mass is 413 g/mol. The summed E-state index contributed by atoms with van der Waals surface area (Å²) in [6.45, 7) is 4.41. The zero-order chi connectivity index (χ0) is 21.6. The highest BCUT2D eigenvalue weighted by Crippen LogP contribution is 2.49. The summed E-state index contributed by atoms with van der Waals surface area (Å²) < 4.78 is 8.75. The van der Waals surface area contributed by atoms with Crippen molar-refractivity contribution in [2.75, 3.05) is 4.90 Å². The second kappa shape index (κ2) is 5.93. The Labute approximate surface area is 184 Å². The van der Waals surface area contributed by atoms with Gasteiger partial charge in [-0.15, -0.1) is 0 Å². The van der Waals surface area contributed by atoms with Gasteiger partial charge in [-0.2, -0.15) is 5.26 Å². The van der Waals surface area contributed by atoms with E-state index < -0.39 is 0 Å². The number of anilines is 2. The summed E-state index contributed by atoms with van der Waals surface area (Å²) in [4.78, 5) is 2.37. The number of nitrogens with zero attached hydrogens (tertiary/aromatic N) is 3. The molecule has 6 aromatic rings. The molecule has 0 saturated heterocycles. The Hall–Kier alpha value is -4.23. The molecule has 3 heterocycles. The van der Waals surface area contributed by atoms with Crippen LogP contribution in [0.3, 0.4) is 0 Å². The molecule has 0 aliphatic carbocycles. The molecule has 4 heteroatoms. The lowest BCUT2D eigenvalue weighted by Gasteiger charge is -2.36. The molecule has 0 saturated carbocycles. The average molecular weight is 413 g/mol. The Morgan fingerprint density at radius 1 is 0.750 bits per heavy atom. The molecule has 0 radical (unpaired) electrons. The Balaban J connectivity index is 1.77. The number of hydrogen-bond donors (Lipinski definition) is 0. The number of rotatable bonds is 1. The van der Waals surface area contributed by atoms with Crippen molar-refractivity contribution in [3.63, 3.8) is 0 Å². The first-order valence-electron chi connectivity index (χ1n) is 10.9. The predicted octanol–water partition coefficient (Wildman–Crippen LogP) is 7.41. The van der Waals surface area contributed by atoms with Crippen molar-refractivity contribution in [2.24, 2.45) is 0 Å². The van der Waals surface area contributed by atoms with Crippen molar-refractivity contribution in [3.8, 4) is 11.8 Å². The van der Waals surface area contributed by atoms with Gasteiger partial charge in [-0.05, 0) is 50.2 Å². The van der Waals surface area contributed by atoms with E-state index in [1.165, 1.54) is 11.1 Å². The van der Waals surface area contributed by atoms with Crippen LogP contribution >= 0.6 is 0 Å². The predicted molar refractivity (Wildman–Crippen MR) is 130 cm³/mol. The third-order valence-electron chi connectivity index (χ3n) is 6.65. The Kier molecular flexibility index (Phi) is 3.23. The molecule has 0 fully saturated rings. The molecule has 4 aromatic carbocycles. The molecular weight excluding hydrogens is 394 g/mol. The highest BCUT2D eigenvalue weighted by molar-refractivity contribution is 6.24. The summed E-state index contributed by atoms with van der Waals surface area (Å²) in [5, 5.41) is 14.2. The molecule has 4 nitrogen and oxygen atoms in total. The van der Waals surface area contributed by atoms with Gasteiger partial charge in [-0.3, -0.25) is 0 Å². The molecule has 1 aliphatic rings. The number of fused-ring (bicyclic) bond motifs is 9. The highest BCUT2D eigenvalue weighted by Gasteiger charge is 2.30. The maximum atomic E-state index is 9.64. The summed E-state index contributed by atoms with van der Waals surface area (Å²) in [7, 11) is 0. The summed E-state index contributed by atoms with van der Waals surface area (Å²) >= 11 is 0. The van der Waals surface area contributed by atoms with Gasteiger partial charge in [0.1, 0.15) is 5.58 Å². The van der Waals surface area contributed by atoms with Crippen LogP contribution in [0.4, 0.5) is 11.4 Å². The molecule has 152 valence electrons. The Morgan fingerprint density at radius 3 is 2.38 bits per heavy atom. The van der Waals surface area contributed by atoms with Crippen molar-refractivity contribution in [1.29, 1.82) is 5.26 Å². The molecule has 0 unspecified atom stereocenters. The molecule has 0 N–H and O–H groups in total. The van der Waals surface area contributed by atoms with E-state index in [1.54, 1.807) is 0 Å². The largest absolute Gasteiger partial charge is 0.454 e. The van der Waals surface area contributed by atoms with E-state index in [4.69, 9.17) is 4.42 Å². The van der Waals surface area contributed by atoms with E-state index in [1.807, 2.05) is 30.3 Å². The molecule has 0 atom stereocenters. The minimum atomic E-state index is 0.269. The molecule has 1 aliphatic heterocycles. The third kappa shape index (κ3) is 2.01. The SMILES string of the molecule is CC(C)N1c2ccc(C#N)cc2-n2c3c1cccc3c1ccc3c4ccccc4oc3c12. The normalized spacial score (nSPS) is 12.9. The van der Waals surface area contributed by atoms with Crippen molar-refractivity contribution >= 4 is 55.1 Å². The van der Waals surface area contributed by atoms with Crippen molar-refractivity contribution in [1.82, 2.24) is 4.57 Å². The van der Waals surface area contributed by atoms with Crippen LogP contribution in [-0.2, 0) is 0 Å². The van der Waals surface area contributed by atoms with E-state index in [9.17, 15) is 5.26 Å². The van der Waals surface area contributed by atoms with E-state index in [0.29, 0.717) is 5.56 Å². The highest BCUT2D eigenvalue weighted by atomic mass is 16.3. The number of aromatic nitrogens is 1. The Morgan fingerprint density at radius 2 is 1.53 bits per heavy atom. The van der Waals surface area contributed by atoms with Crippen LogP contribution < -0.4 is 4.90 Å². The second-order valence-electron chi connectivity index (χ2n) is 8.72. The van der Waals surface area contributed by atoms with Crippen LogP contribution in [0.25, 0.3) is 49.4 Å². The summed E-state index contributed by atoms with van der Waals surface area (Å²) in [5.74, 6) is 0. The fourth-order valence-electron chi connectivity index (χ4n) is 5.41. The molecule has 0 amide bonds. The summed E-state index contributed by atoms with van der Waals surface area (Å²) in [6.07, 6.45) is 0. The van der Waals surface area contributed by atoms with Gasteiger partial charge in [0.2, 0.25) is 0 Å². The molecule has 2 aromatic heterocycles. The second-order valence-corrected chi connectivity index (χ2v) is 8.72. The van der Waals surface area contributed by atoms with Gasteiger partial charge >= 0.3 is 0 Å². The number of benzene rings is 4. The standard InChI is InChI=1S/C28H19N3O/c1-16(2)30-22-13-10-17(15-29)14-24(22)31-26-19(7-5-8-23(26)30)20-11-12-21-18-6-3-4-9-25(18)32-28(21)27(20)31/h3-14,16H,1-2H3. The summed E-state index contributed by atoms with van der Waals surface area (Å²) in [5.41, 5.74) is 7.94. The molecule has 32 heavy (non-hydrogen) atoms. The van der Waals surface area contributed by atoms with Crippen molar-refractivity contribution < 1.29 is 4.42 Å². The lowest BCUT2D eigenvalue weighted by molar-refractivity contribution is 0.671. The van der Waals surface area contributed by atoms with Crippen LogP contribution in [0.15, 0.2) is 77.2 Å². The fourth-order valence-corrected chi connectivity index (χ4v) is 5.41. The minimum absolute atomic E-state index is 0.269. The van der Waals surface area contributed by atoms with Gasteiger partial charge in [0.25, 0.3) is 0 Å². The maximum Gasteiger partial charge on any atom is 0.160 e. The minimum Gasteiger partial charge on any atom is -0.454 e. The van der Waals surface area contributed by atoms with Crippen LogP contribution in [-0.4, -0.2) is 10.6 Å². The number of hydrogen-bond acceptors (Lipinski definition) is 3. The molecular formula is C28H19N3O. The average Bonchev–Trinajstić information content (AvgIpc) is 3.36. The number of furan rings is 1. The number of nitriles is 1. The first kappa shape index (κ1) is 17.5. The first-order valence-corrected chi connectivity index (χ1v) is 10.9. The molecule has 7 rings (SSSR count). The zero-order valence-corrected chi connectivity index (χ0v) is 17.8. The van der Waals surface area contributed by atoms with Crippen LogP contribution in [0.2, 0.25) is 0 Å². The lowest BCUT2D eigenvalue weighted by atomic mass is 10.1. The van der Waals surface area contributed by atoms with Gasteiger partial charge in [-0.25, -0.2) is 0 Å². The smallest absolute Gasteiger partial charge is 0.160 e. The van der Waals surface area contributed by atoms with E-state index in [2.05, 4.69) is 71.8 Å². The third-order valence-corrected chi connectivity index (χ3v) is 6.65. The molecule has 0 bridgehead atoms. The topological polar surface area (TPSA) is 45.1 Å². The van der Waals surface area contributed by atoms with E-state index in [-0.39, 0.29) is 6.04 Å². The fraction of sp³-hybridized carbons (Fsp3) is 0.107. The lowest BCUT2D eigenvalue weighted by Crippen LogP contribution is -2.29. The zero-order valence-electron chi connectivity index (χ0n) is 17.8. The van der Waals surface area contributed by atoms with Crippen LogP contribution in [0.1, 0.15) is 19.4 Å². The van der Waals surface area contributed by atoms with Gasteiger partial charge in [-0.1, -0.05) is 36.4 Å². The van der Waals surface area contributed by atoms with Gasteiger partial charge in [0.05, 0.1) is 39.7 Å². The molecule has 0 spiro atoms. The van der Waals surface area contributed by atoms with Gasteiger partial charge in [0, 0.05) is 27.6 Å². The first-order chi connectivity index (χ1) is 15.7. The van der Waals surface area contributed by atoms with E-state index >= 15 is 0 Å². The van der Waals surface area contributed by atoms with Crippen molar-refractivity contribution in [3.05, 3.63) is 78.4 Å². The summed E-state index contributed by atoms with van der Waals surface area (Å²) in [6, 6.07) is 27.6. The van der Waals surface area contributed by atoms with Crippen LogP contribution in [0.5, 0.6) is 0 Å². The quantitative estimate of drug-likeness (QED) is 0.282. The van der Waals surface area contributed by atoms with Crippen LogP contribution in [0, 0.1) is 11.3 Å².